The molecule has 8 heteroatoms. The van der Waals surface area contributed by atoms with E-state index in [0.717, 1.165) is 0 Å². The van der Waals surface area contributed by atoms with Crippen LogP contribution in [0.1, 0.15) is 5.56 Å². The van der Waals surface area contributed by atoms with Gasteiger partial charge in [0.25, 0.3) is 0 Å². The van der Waals surface area contributed by atoms with Gasteiger partial charge in [0.1, 0.15) is 5.69 Å². The second-order valence-electron chi connectivity index (χ2n) is 4.30. The largest absolute Gasteiger partial charge is 0.408 e. The van der Waals surface area contributed by atoms with E-state index in [1.165, 1.54) is 0 Å². The van der Waals surface area contributed by atoms with Crippen molar-refractivity contribution in [3.05, 3.63) is 5.56 Å². The molecule has 0 atom stereocenters. The van der Waals surface area contributed by atoms with Gasteiger partial charge in [-0.1, -0.05) is 0 Å². The van der Waals surface area contributed by atoms with Crippen molar-refractivity contribution in [2.75, 3.05) is 34.4 Å². The Morgan fingerprint density at radius 2 is 1.16 bits per heavy atom. The van der Waals surface area contributed by atoms with Crippen molar-refractivity contribution in [2.45, 2.75) is 6.92 Å². The summed E-state index contributed by atoms with van der Waals surface area (Å²) in [5, 5.41) is 0.809. The van der Waals surface area contributed by atoms with Crippen molar-refractivity contribution in [1.29, 1.82) is 0 Å². The Morgan fingerprint density at radius 3 is 1.68 bits per heavy atom. The van der Waals surface area contributed by atoms with Crippen LogP contribution in [0.2, 0.25) is 0 Å². The van der Waals surface area contributed by atoms with E-state index in [2.05, 4.69) is 0 Å². The number of anilines is 6. The van der Waals surface area contributed by atoms with Gasteiger partial charge in [0, 0.05) is 11.1 Å². The van der Waals surface area contributed by atoms with E-state index < -0.39 is 0 Å². The number of fused-ring (bicyclic) bond motifs is 1. The third-order valence-electron chi connectivity index (χ3n) is 3.33. The van der Waals surface area contributed by atoms with Crippen LogP contribution >= 0.6 is 0 Å². The van der Waals surface area contributed by atoms with Gasteiger partial charge in [0.15, 0.2) is 5.75 Å². The number of rotatable bonds is 1. The van der Waals surface area contributed by atoms with Gasteiger partial charge in [-0.05, 0) is 12.5 Å². The first-order valence-corrected chi connectivity index (χ1v) is 5.42. The van der Waals surface area contributed by atoms with Gasteiger partial charge < -0.3 is 39.2 Å². The van der Waals surface area contributed by atoms with Crippen LogP contribution in [0.4, 0.5) is 34.1 Å². The molecule has 8 nitrogen and oxygen atoms in total. The van der Waals surface area contributed by atoms with Gasteiger partial charge in [-0.25, -0.2) is 0 Å². The Morgan fingerprint density at radius 1 is 0.632 bits per heavy atom. The maximum atomic E-state index is 6.03. The predicted octanol–water partition coefficient (Wildman–Crippen LogP) is -0.106. The highest BCUT2D eigenvalue weighted by Crippen LogP contribution is 2.49. The van der Waals surface area contributed by atoms with Crippen LogP contribution < -0.4 is 45.1 Å². The molecule has 0 aliphatic rings. The summed E-state index contributed by atoms with van der Waals surface area (Å²) in [6, 6.07) is 0. The normalized spacial score (nSPS) is 10.8. The van der Waals surface area contributed by atoms with E-state index in [-0.39, 0.29) is 28.5 Å². The standard InChI is InChI=1S/C11H17N7O/c1-2-5(12)4-3(7(14)6(2)13)8(15)9(16)10(17)11(4)19-18/h12-18H2,1H3. The molecule has 0 spiro atoms. The predicted molar refractivity (Wildman–Crippen MR) is 80.0 cm³/mol. The minimum atomic E-state index is 0.114. The zero-order chi connectivity index (χ0) is 14.5. The zero-order valence-corrected chi connectivity index (χ0v) is 10.4. The first-order chi connectivity index (χ1) is 8.82. The van der Waals surface area contributed by atoms with Crippen molar-refractivity contribution in [3.63, 3.8) is 0 Å². The van der Waals surface area contributed by atoms with E-state index in [1.54, 1.807) is 6.92 Å². The van der Waals surface area contributed by atoms with Gasteiger partial charge in [0.2, 0.25) is 0 Å². The molecule has 0 saturated heterocycles. The molecular formula is C11H17N7O. The van der Waals surface area contributed by atoms with Gasteiger partial charge in [-0.2, -0.15) is 5.90 Å². The SMILES string of the molecule is Cc1c(N)c(N)c2c(N)c(N)c(N)c(ON)c2c1N. The summed E-state index contributed by atoms with van der Waals surface area (Å²) in [7, 11) is 0. The Kier molecular flexibility index (Phi) is 2.60. The average Bonchev–Trinajstić information content (AvgIpc) is 2.40. The monoisotopic (exact) mass is 263 g/mol. The van der Waals surface area contributed by atoms with Crippen molar-refractivity contribution in [2.24, 2.45) is 5.90 Å². The molecular weight excluding hydrogens is 246 g/mol. The van der Waals surface area contributed by atoms with E-state index in [4.69, 9.17) is 45.1 Å². The van der Waals surface area contributed by atoms with Gasteiger partial charge in [0.05, 0.1) is 28.1 Å². The molecule has 0 aromatic heterocycles. The van der Waals surface area contributed by atoms with Crippen LogP contribution in [0.15, 0.2) is 0 Å². The van der Waals surface area contributed by atoms with Crippen LogP contribution in [0.25, 0.3) is 10.8 Å². The summed E-state index contributed by atoms with van der Waals surface area (Å²) in [5.74, 6) is 5.37. The van der Waals surface area contributed by atoms with Gasteiger partial charge in [-0.3, -0.25) is 0 Å². The molecule has 2 rings (SSSR count). The lowest BCUT2D eigenvalue weighted by Gasteiger charge is -2.19. The Hall–Kier alpha value is -2.74. The highest BCUT2D eigenvalue weighted by molar-refractivity contribution is 6.20. The summed E-state index contributed by atoms with van der Waals surface area (Å²) in [6.45, 7) is 1.73. The Balaban J connectivity index is 3.21. The number of benzene rings is 2. The fraction of sp³-hybridized carbons (Fsp3) is 0.0909. The van der Waals surface area contributed by atoms with Gasteiger partial charge >= 0.3 is 0 Å². The maximum absolute atomic E-state index is 6.03. The molecule has 0 aliphatic heterocycles. The molecule has 0 fully saturated rings. The van der Waals surface area contributed by atoms with E-state index in [9.17, 15) is 0 Å². The number of hydrogen-bond donors (Lipinski definition) is 7. The lowest BCUT2D eigenvalue weighted by molar-refractivity contribution is 0.341. The molecule has 0 amide bonds. The van der Waals surface area contributed by atoms with Crippen molar-refractivity contribution in [3.8, 4) is 5.75 Å². The molecule has 0 heterocycles. The van der Waals surface area contributed by atoms with E-state index in [0.29, 0.717) is 27.7 Å². The van der Waals surface area contributed by atoms with Crippen LogP contribution in [-0.4, -0.2) is 0 Å². The highest BCUT2D eigenvalue weighted by atomic mass is 16.6. The molecule has 102 valence electrons. The lowest BCUT2D eigenvalue weighted by Crippen LogP contribution is -2.12. The second kappa shape index (κ2) is 3.89. The minimum Gasteiger partial charge on any atom is -0.408 e. The lowest BCUT2D eigenvalue weighted by atomic mass is 9.97. The highest BCUT2D eigenvalue weighted by Gasteiger charge is 2.22. The number of nitrogens with two attached hydrogens (primary N) is 7. The summed E-state index contributed by atoms with van der Waals surface area (Å²) in [6.07, 6.45) is 0. The average molecular weight is 263 g/mol. The first-order valence-electron chi connectivity index (χ1n) is 5.42. The number of hydrogen-bond acceptors (Lipinski definition) is 8. The maximum Gasteiger partial charge on any atom is 0.181 e. The van der Waals surface area contributed by atoms with Crippen LogP contribution in [0.3, 0.4) is 0 Å². The summed E-state index contributed by atoms with van der Waals surface area (Å²) >= 11 is 0. The number of nitrogen functional groups attached to an aromatic ring is 6. The van der Waals surface area contributed by atoms with Crippen molar-refractivity contribution >= 4 is 44.9 Å². The molecule has 0 radical (unpaired) electrons. The smallest absolute Gasteiger partial charge is 0.181 e. The molecule has 2 aromatic carbocycles. The third-order valence-corrected chi connectivity index (χ3v) is 3.33. The first kappa shape index (κ1) is 12.7. The summed E-state index contributed by atoms with van der Waals surface area (Å²) in [5.41, 5.74) is 37.5. The minimum absolute atomic E-state index is 0.114. The molecule has 0 unspecified atom stereocenters. The fourth-order valence-corrected chi connectivity index (χ4v) is 2.11. The molecule has 0 saturated carbocycles. The Labute approximate surface area is 109 Å². The molecule has 0 bridgehead atoms. The van der Waals surface area contributed by atoms with Crippen molar-refractivity contribution in [1.82, 2.24) is 0 Å². The Bertz CT molecular complexity index is 688. The zero-order valence-electron chi connectivity index (χ0n) is 10.4. The fourth-order valence-electron chi connectivity index (χ4n) is 2.11. The summed E-state index contributed by atoms with van der Waals surface area (Å²) < 4.78 is 0. The quantitative estimate of drug-likeness (QED) is 0.273. The topological polar surface area (TPSA) is 191 Å². The third kappa shape index (κ3) is 1.43. The van der Waals surface area contributed by atoms with Crippen LogP contribution in [-0.2, 0) is 0 Å². The van der Waals surface area contributed by atoms with E-state index >= 15 is 0 Å². The van der Waals surface area contributed by atoms with Crippen LogP contribution in [0, 0.1) is 6.92 Å². The summed E-state index contributed by atoms with van der Waals surface area (Å²) in [4.78, 5) is 4.79. The van der Waals surface area contributed by atoms with Crippen molar-refractivity contribution < 1.29 is 4.84 Å². The van der Waals surface area contributed by atoms with Gasteiger partial charge in [-0.15, -0.1) is 0 Å². The van der Waals surface area contributed by atoms with Crippen LogP contribution in [0.5, 0.6) is 5.75 Å². The molecule has 0 aliphatic carbocycles. The molecule has 2 aromatic rings. The van der Waals surface area contributed by atoms with E-state index in [1.807, 2.05) is 0 Å². The molecule has 19 heavy (non-hydrogen) atoms. The molecule has 14 N–H and O–H groups in total. The second-order valence-corrected chi connectivity index (χ2v) is 4.30.